The van der Waals surface area contributed by atoms with E-state index < -0.39 is 0 Å². The minimum Gasteiger partial charge on any atom is -0.493 e. The highest BCUT2D eigenvalue weighted by Crippen LogP contribution is 2.32. The van der Waals surface area contributed by atoms with Gasteiger partial charge in [-0.25, -0.2) is 4.68 Å². The predicted molar refractivity (Wildman–Crippen MR) is 130 cm³/mol. The van der Waals surface area contributed by atoms with Gasteiger partial charge in [0.2, 0.25) is 0 Å². The lowest BCUT2D eigenvalue weighted by Crippen LogP contribution is -2.17. The molecule has 4 rings (SSSR count). The number of nitrogens with zero attached hydrogens (tertiary/aromatic N) is 2. The van der Waals surface area contributed by atoms with Gasteiger partial charge in [0.15, 0.2) is 0 Å². The molecule has 1 amide bonds. The van der Waals surface area contributed by atoms with Crippen molar-refractivity contribution in [1.82, 2.24) is 15.1 Å². The Labute approximate surface area is 191 Å². The molecule has 0 bridgehead atoms. The SMILES string of the molecule is CCCCOc1ccc(-c2nn(-c3ccccc3)cc2C=C2SC(=S)NC2=O)cc1C. The average Bonchev–Trinajstić information content (AvgIpc) is 3.33. The summed E-state index contributed by atoms with van der Waals surface area (Å²) in [7, 11) is 0. The zero-order valence-electron chi connectivity index (χ0n) is 17.4. The zero-order valence-corrected chi connectivity index (χ0v) is 19.1. The highest BCUT2D eigenvalue weighted by Gasteiger charge is 2.23. The number of thioether (sulfide) groups is 1. The highest BCUT2D eigenvalue weighted by molar-refractivity contribution is 8.26. The van der Waals surface area contributed by atoms with E-state index in [-0.39, 0.29) is 5.91 Å². The molecule has 0 radical (unpaired) electrons. The van der Waals surface area contributed by atoms with E-state index in [0.717, 1.165) is 46.7 Å². The Morgan fingerprint density at radius 2 is 2.03 bits per heavy atom. The van der Waals surface area contributed by atoms with E-state index in [4.69, 9.17) is 22.1 Å². The number of nitrogens with one attached hydrogen (secondary N) is 1. The first kappa shape index (κ1) is 21.3. The number of aryl methyl sites for hydroxylation is 1. The van der Waals surface area contributed by atoms with E-state index in [2.05, 4.69) is 18.3 Å². The fraction of sp³-hybridized carbons (Fsp3) is 0.208. The van der Waals surface area contributed by atoms with Gasteiger partial charge in [-0.3, -0.25) is 4.79 Å². The van der Waals surface area contributed by atoms with Crippen LogP contribution in [0.15, 0.2) is 59.6 Å². The number of ether oxygens (including phenoxy) is 1. The molecule has 3 aromatic rings. The van der Waals surface area contributed by atoms with Crippen molar-refractivity contribution in [2.75, 3.05) is 6.61 Å². The average molecular weight is 450 g/mol. The van der Waals surface area contributed by atoms with Gasteiger partial charge in [0.05, 0.1) is 17.2 Å². The number of para-hydroxylation sites is 1. The largest absolute Gasteiger partial charge is 0.493 e. The number of aromatic nitrogens is 2. The van der Waals surface area contributed by atoms with Crippen LogP contribution < -0.4 is 10.1 Å². The van der Waals surface area contributed by atoms with Crippen LogP contribution in [0.4, 0.5) is 0 Å². The van der Waals surface area contributed by atoms with Crippen molar-refractivity contribution < 1.29 is 9.53 Å². The normalized spacial score (nSPS) is 14.8. The van der Waals surface area contributed by atoms with Gasteiger partial charge in [0, 0.05) is 17.3 Å². The third-order valence-corrected chi connectivity index (χ3v) is 6.06. The number of hydrogen-bond donors (Lipinski definition) is 1. The van der Waals surface area contributed by atoms with Crippen LogP contribution in [0.5, 0.6) is 5.75 Å². The molecule has 2 aromatic carbocycles. The Hall–Kier alpha value is -2.90. The summed E-state index contributed by atoms with van der Waals surface area (Å²) in [6.07, 6.45) is 5.92. The monoisotopic (exact) mass is 449 g/mol. The number of amides is 1. The standard InChI is InChI=1S/C24H23N3O2S2/c1-3-4-12-29-20-11-10-17(13-16(20)2)22-18(14-21-23(28)25-24(30)31-21)15-27(26-22)19-8-6-5-7-9-19/h5-11,13-15H,3-4,12H2,1-2H3,(H,25,28,30). The van der Waals surface area contributed by atoms with Gasteiger partial charge < -0.3 is 10.1 Å². The summed E-state index contributed by atoms with van der Waals surface area (Å²) in [5.41, 5.74) is 4.61. The Morgan fingerprint density at radius 3 is 2.71 bits per heavy atom. The summed E-state index contributed by atoms with van der Waals surface area (Å²) < 4.78 is 8.20. The Kier molecular flexibility index (Phi) is 6.53. The molecule has 31 heavy (non-hydrogen) atoms. The minimum atomic E-state index is -0.177. The Morgan fingerprint density at radius 1 is 1.23 bits per heavy atom. The zero-order chi connectivity index (χ0) is 21.8. The van der Waals surface area contributed by atoms with Crippen LogP contribution in [0.1, 0.15) is 30.9 Å². The first-order chi connectivity index (χ1) is 15.0. The van der Waals surface area contributed by atoms with Crippen LogP contribution in [0.3, 0.4) is 0 Å². The van der Waals surface area contributed by atoms with Crippen molar-refractivity contribution in [3.05, 3.63) is 70.8 Å². The van der Waals surface area contributed by atoms with Crippen LogP contribution in [0, 0.1) is 6.92 Å². The first-order valence-electron chi connectivity index (χ1n) is 10.2. The second-order valence-corrected chi connectivity index (χ2v) is 8.97. The Bertz CT molecular complexity index is 1150. The Balaban J connectivity index is 1.74. The molecule has 1 N–H and O–H groups in total. The maximum absolute atomic E-state index is 12.2. The summed E-state index contributed by atoms with van der Waals surface area (Å²) >= 11 is 6.40. The lowest BCUT2D eigenvalue weighted by atomic mass is 10.0. The second-order valence-electron chi connectivity index (χ2n) is 7.25. The third kappa shape index (κ3) is 4.89. The van der Waals surface area contributed by atoms with Crippen molar-refractivity contribution in [3.8, 4) is 22.7 Å². The summed E-state index contributed by atoms with van der Waals surface area (Å²) in [6.45, 7) is 4.90. The molecule has 1 aliphatic rings. The molecular formula is C24H23N3O2S2. The van der Waals surface area contributed by atoms with Gasteiger partial charge in [-0.15, -0.1) is 0 Å². The first-order valence-corrected chi connectivity index (χ1v) is 11.4. The molecular weight excluding hydrogens is 426 g/mol. The van der Waals surface area contributed by atoms with Crippen molar-refractivity contribution in [3.63, 3.8) is 0 Å². The van der Waals surface area contributed by atoms with Gasteiger partial charge in [-0.05, 0) is 55.3 Å². The fourth-order valence-electron chi connectivity index (χ4n) is 3.28. The molecule has 1 saturated heterocycles. The van der Waals surface area contributed by atoms with Crippen molar-refractivity contribution in [1.29, 1.82) is 0 Å². The van der Waals surface area contributed by atoms with Gasteiger partial charge >= 0.3 is 0 Å². The van der Waals surface area contributed by atoms with Crippen LogP contribution in [-0.2, 0) is 4.79 Å². The third-order valence-electron chi connectivity index (χ3n) is 4.90. The molecule has 7 heteroatoms. The number of thiocarbonyl (C=S) groups is 1. The van der Waals surface area contributed by atoms with Crippen molar-refractivity contribution in [2.45, 2.75) is 26.7 Å². The number of unbranched alkanes of at least 4 members (excludes halogenated alkanes) is 1. The van der Waals surface area contributed by atoms with E-state index >= 15 is 0 Å². The van der Waals surface area contributed by atoms with Crippen molar-refractivity contribution >= 4 is 40.3 Å². The fourth-order valence-corrected chi connectivity index (χ4v) is 4.31. The second kappa shape index (κ2) is 9.49. The molecule has 0 atom stereocenters. The summed E-state index contributed by atoms with van der Waals surface area (Å²) in [5, 5.41) is 7.51. The molecule has 1 aliphatic heterocycles. The number of benzene rings is 2. The number of rotatable bonds is 7. The molecule has 2 heterocycles. The van der Waals surface area contributed by atoms with Gasteiger partial charge in [-0.1, -0.05) is 55.5 Å². The molecule has 0 unspecified atom stereocenters. The van der Waals surface area contributed by atoms with Gasteiger partial charge in [-0.2, -0.15) is 5.10 Å². The van der Waals surface area contributed by atoms with E-state index in [1.54, 1.807) is 0 Å². The maximum atomic E-state index is 12.2. The van der Waals surface area contributed by atoms with E-state index in [1.807, 2.05) is 66.3 Å². The maximum Gasteiger partial charge on any atom is 0.263 e. The van der Waals surface area contributed by atoms with Crippen LogP contribution >= 0.6 is 24.0 Å². The lowest BCUT2D eigenvalue weighted by Gasteiger charge is -2.10. The smallest absolute Gasteiger partial charge is 0.263 e. The summed E-state index contributed by atoms with van der Waals surface area (Å²) in [5.74, 6) is 0.708. The van der Waals surface area contributed by atoms with Crippen LogP contribution in [-0.4, -0.2) is 26.6 Å². The molecule has 0 aliphatic carbocycles. The van der Waals surface area contributed by atoms with Gasteiger partial charge in [0.1, 0.15) is 15.8 Å². The minimum absolute atomic E-state index is 0.177. The van der Waals surface area contributed by atoms with Crippen molar-refractivity contribution in [2.24, 2.45) is 0 Å². The molecule has 0 saturated carbocycles. The van der Waals surface area contributed by atoms with Crippen LogP contribution in [0.2, 0.25) is 0 Å². The number of carbonyl (C=O) groups excluding carboxylic acids is 1. The van der Waals surface area contributed by atoms with Crippen LogP contribution in [0.25, 0.3) is 23.0 Å². The molecule has 0 spiro atoms. The van der Waals surface area contributed by atoms with E-state index in [1.165, 1.54) is 11.8 Å². The summed E-state index contributed by atoms with van der Waals surface area (Å²) in [6, 6.07) is 16.0. The molecule has 158 valence electrons. The molecule has 1 aromatic heterocycles. The summed E-state index contributed by atoms with van der Waals surface area (Å²) in [4.78, 5) is 12.8. The quantitative estimate of drug-likeness (QED) is 0.293. The lowest BCUT2D eigenvalue weighted by molar-refractivity contribution is -0.115. The molecule has 5 nitrogen and oxygen atoms in total. The van der Waals surface area contributed by atoms with E-state index in [0.29, 0.717) is 15.8 Å². The number of hydrogen-bond acceptors (Lipinski definition) is 5. The highest BCUT2D eigenvalue weighted by atomic mass is 32.2. The topological polar surface area (TPSA) is 56.1 Å². The van der Waals surface area contributed by atoms with Gasteiger partial charge in [0.25, 0.3) is 5.91 Å². The number of carbonyl (C=O) groups is 1. The molecule has 1 fully saturated rings. The van der Waals surface area contributed by atoms with E-state index in [9.17, 15) is 4.79 Å². The predicted octanol–water partition coefficient (Wildman–Crippen LogP) is 5.52.